The van der Waals surface area contributed by atoms with Gasteiger partial charge < -0.3 is 24.7 Å². The van der Waals surface area contributed by atoms with Gasteiger partial charge in [0.1, 0.15) is 0 Å². The monoisotopic (exact) mass is 319 g/mol. The van der Waals surface area contributed by atoms with Crippen LogP contribution in [0.1, 0.15) is 0 Å². The van der Waals surface area contributed by atoms with Gasteiger partial charge in [0, 0.05) is 53.6 Å². The van der Waals surface area contributed by atoms with E-state index in [2.05, 4.69) is 0 Å². The Labute approximate surface area is 104 Å². The van der Waals surface area contributed by atoms with Crippen molar-refractivity contribution in [2.75, 3.05) is 0 Å². The molecule has 63 valence electrons. The maximum absolute atomic E-state index is 7.33. The van der Waals surface area contributed by atoms with Crippen LogP contribution in [-0.2, 0) is 53.6 Å². The van der Waals surface area contributed by atoms with Gasteiger partial charge in [0.15, 0.2) is 17.4 Å². The largest absolute Gasteiger partial charge is 0.668 e. The molecule has 0 atom stereocenters. The van der Waals surface area contributed by atoms with E-state index in [0.717, 1.165) is 0 Å². The van der Waals surface area contributed by atoms with Crippen molar-refractivity contribution in [1.29, 1.82) is 0 Å². The second kappa shape index (κ2) is 17.3. The van der Waals surface area contributed by atoms with E-state index in [1.807, 2.05) is 0 Å². The van der Waals surface area contributed by atoms with Gasteiger partial charge in [-0.25, -0.2) is 0 Å². The molecule has 10 heteroatoms. The molecule has 0 amide bonds. The normalized spacial score (nSPS) is 6.00. The molecule has 0 aromatic rings. The van der Waals surface area contributed by atoms with E-state index in [1.54, 1.807) is 0 Å². The van der Waals surface area contributed by atoms with Crippen molar-refractivity contribution in [2.45, 2.75) is 0 Å². The number of hydrogen-bond acceptors (Lipinski definition) is 4. The van der Waals surface area contributed by atoms with Gasteiger partial charge in [-0.05, 0) is 0 Å². The summed E-state index contributed by atoms with van der Waals surface area (Å²) in [6.45, 7) is 0. The molecule has 0 unspecified atom stereocenters. The van der Waals surface area contributed by atoms with Gasteiger partial charge in [-0.2, -0.15) is 0 Å². The molecule has 0 aliphatic heterocycles. The standard InChI is InChI=1S/Al.Fe.Mn.H4O4Si.H2O.Zn.3H/c;;;1-5(2,3)4;;;;;/h;;;1-4H;1H2;;;;. The van der Waals surface area contributed by atoms with Crippen LogP contribution < -0.4 is 0 Å². The fourth-order valence-electron chi connectivity index (χ4n) is 0. The number of rotatable bonds is 0. The van der Waals surface area contributed by atoms with E-state index in [-0.39, 0.29) is 76.5 Å². The van der Waals surface area contributed by atoms with E-state index in [4.69, 9.17) is 19.2 Å². The van der Waals surface area contributed by atoms with Crippen molar-refractivity contribution in [1.82, 2.24) is 0 Å². The van der Waals surface area contributed by atoms with Crippen LogP contribution in [0.15, 0.2) is 0 Å². The fraction of sp³-hybridized carbons (Fsp3) is 0. The Morgan fingerprint density at radius 1 is 0.900 bits per heavy atom. The van der Waals surface area contributed by atoms with Crippen LogP contribution in [0.3, 0.4) is 0 Å². The van der Waals surface area contributed by atoms with E-state index in [9.17, 15) is 0 Å². The first-order valence-electron chi connectivity index (χ1n) is 0.894. The molecule has 10 heavy (non-hydrogen) atoms. The Bertz CT molecular complexity index is 37.1. The molecule has 0 saturated carbocycles. The summed E-state index contributed by atoms with van der Waals surface area (Å²) >= 11 is 0. The zero-order valence-corrected chi connectivity index (χ0v) is 10.5. The third kappa shape index (κ3) is 177. The van der Waals surface area contributed by atoms with E-state index in [1.165, 1.54) is 0 Å². The van der Waals surface area contributed by atoms with Crippen molar-refractivity contribution in [3.05, 3.63) is 0 Å². The van der Waals surface area contributed by atoms with Gasteiger partial charge >= 0.3 is 9.05 Å². The summed E-state index contributed by atoms with van der Waals surface area (Å²) in [6, 6.07) is 0. The van der Waals surface area contributed by atoms with Crippen molar-refractivity contribution in [3.8, 4) is 0 Å². The zero-order valence-electron chi connectivity index (χ0n) is 4.23. The third-order valence-electron chi connectivity index (χ3n) is 0. The fourth-order valence-corrected chi connectivity index (χ4v) is 0. The Hall–Kier alpha value is 2.21. The van der Waals surface area contributed by atoms with E-state index < -0.39 is 9.05 Å². The SMILES string of the molecule is O.O[Si](O)(O)O.[AlH3].[Fe].[Mn].[Zn]. The third-order valence-corrected chi connectivity index (χ3v) is 0. The summed E-state index contributed by atoms with van der Waals surface area (Å²) in [7, 11) is -4.61. The first-order valence-corrected chi connectivity index (χ1v) is 2.68. The summed E-state index contributed by atoms with van der Waals surface area (Å²) in [5.41, 5.74) is 0. The molecule has 0 spiro atoms. The molecule has 0 fully saturated rings. The molecular formula is H9AlFeMnO5SiZn. The topological polar surface area (TPSA) is 112 Å². The molecule has 5 nitrogen and oxygen atoms in total. The molecule has 0 aliphatic carbocycles. The zero-order chi connectivity index (χ0) is 4.50. The van der Waals surface area contributed by atoms with Crippen LogP contribution in [0.2, 0.25) is 0 Å². The minimum Gasteiger partial charge on any atom is -0.412 e. The summed E-state index contributed by atoms with van der Waals surface area (Å²) in [4.78, 5) is 29.3. The van der Waals surface area contributed by atoms with Crippen LogP contribution in [0.4, 0.5) is 0 Å². The van der Waals surface area contributed by atoms with E-state index in [0.29, 0.717) is 0 Å². The van der Waals surface area contributed by atoms with Crippen LogP contribution >= 0.6 is 0 Å². The average molecular weight is 320 g/mol. The van der Waals surface area contributed by atoms with Gasteiger partial charge in [-0.3, -0.25) is 0 Å². The Kier molecular flexibility index (Phi) is 69.0. The molecule has 1 radical (unpaired) electrons. The second-order valence-electron chi connectivity index (χ2n) is 0.600. The van der Waals surface area contributed by atoms with Crippen LogP contribution in [-0.4, -0.2) is 51.1 Å². The first-order chi connectivity index (χ1) is 2.00. The average Bonchev–Trinajstić information content (AvgIpc) is 0.722. The van der Waals surface area contributed by atoms with Gasteiger partial charge in [-0.1, -0.05) is 0 Å². The van der Waals surface area contributed by atoms with Crippen molar-refractivity contribution < 1.29 is 78.3 Å². The minimum atomic E-state index is -4.61. The van der Waals surface area contributed by atoms with Crippen LogP contribution in [0, 0.1) is 0 Å². The van der Waals surface area contributed by atoms with Gasteiger partial charge in [0.05, 0.1) is 0 Å². The van der Waals surface area contributed by atoms with Crippen molar-refractivity contribution in [2.24, 2.45) is 0 Å². The van der Waals surface area contributed by atoms with Gasteiger partial charge in [-0.15, -0.1) is 0 Å². The molecule has 0 aliphatic rings. The Balaban J connectivity index is -0.00000000800. The van der Waals surface area contributed by atoms with Crippen molar-refractivity contribution in [3.63, 3.8) is 0 Å². The predicted octanol–water partition coefficient (Wildman–Crippen LogP) is -4.62. The second-order valence-corrected chi connectivity index (χ2v) is 1.80. The maximum atomic E-state index is 7.33. The molecule has 0 heterocycles. The smallest absolute Gasteiger partial charge is 0.412 e. The first kappa shape index (κ1) is 39.8. The van der Waals surface area contributed by atoms with Crippen LogP contribution in [0.5, 0.6) is 0 Å². The molecule has 6 N–H and O–H groups in total. The molecule has 0 aromatic heterocycles. The maximum Gasteiger partial charge on any atom is 0.668 e. The summed E-state index contributed by atoms with van der Waals surface area (Å²) < 4.78 is 0. The van der Waals surface area contributed by atoms with Gasteiger partial charge in [0.2, 0.25) is 0 Å². The molecule has 0 saturated heterocycles. The summed E-state index contributed by atoms with van der Waals surface area (Å²) in [6.07, 6.45) is 0. The van der Waals surface area contributed by atoms with Crippen LogP contribution in [0.25, 0.3) is 0 Å². The predicted molar refractivity (Wildman–Crippen MR) is 28.2 cm³/mol. The van der Waals surface area contributed by atoms with Crippen molar-refractivity contribution >= 4 is 26.4 Å². The Morgan fingerprint density at radius 2 is 0.900 bits per heavy atom. The molecule has 0 rings (SSSR count). The molecular weight excluding hydrogens is 311 g/mol. The Morgan fingerprint density at radius 3 is 0.900 bits per heavy atom. The molecule has 0 bridgehead atoms. The molecule has 0 aromatic carbocycles. The quantitative estimate of drug-likeness (QED) is 0.336. The van der Waals surface area contributed by atoms with E-state index >= 15 is 0 Å². The minimum absolute atomic E-state index is 0. The van der Waals surface area contributed by atoms with Gasteiger partial charge in [0.25, 0.3) is 0 Å². The number of hydrogen-bond donors (Lipinski definition) is 4. The summed E-state index contributed by atoms with van der Waals surface area (Å²) in [5.74, 6) is 0. The summed E-state index contributed by atoms with van der Waals surface area (Å²) in [5, 5.41) is 0.